The standard InChI is InChI=1S/C21H25N3O3/c1-26-18-12-15-7-11-24(14-16(15)13-19(18)27-2)21(25)17-6-5-8-22-20(17)23-9-3-4-10-23/h5-6,8,12-13H,3-4,7,9-11,14H2,1-2H3. The van der Waals surface area contributed by atoms with Gasteiger partial charge in [-0.2, -0.15) is 0 Å². The largest absolute Gasteiger partial charge is 0.493 e. The van der Waals surface area contributed by atoms with E-state index >= 15 is 0 Å². The first-order chi connectivity index (χ1) is 13.2. The number of rotatable bonds is 4. The van der Waals surface area contributed by atoms with Crippen LogP contribution in [0.3, 0.4) is 0 Å². The van der Waals surface area contributed by atoms with E-state index in [9.17, 15) is 4.79 Å². The van der Waals surface area contributed by atoms with Crippen LogP contribution in [0, 0.1) is 0 Å². The molecule has 0 radical (unpaired) electrons. The zero-order chi connectivity index (χ0) is 18.8. The molecule has 6 heteroatoms. The van der Waals surface area contributed by atoms with Crippen LogP contribution >= 0.6 is 0 Å². The van der Waals surface area contributed by atoms with Crippen LogP contribution in [0.25, 0.3) is 0 Å². The van der Waals surface area contributed by atoms with Crippen LogP contribution in [0.2, 0.25) is 0 Å². The summed E-state index contributed by atoms with van der Waals surface area (Å²) < 4.78 is 10.8. The van der Waals surface area contributed by atoms with Crippen molar-refractivity contribution in [2.24, 2.45) is 0 Å². The maximum absolute atomic E-state index is 13.3. The number of amides is 1. The molecule has 6 nitrogen and oxygen atoms in total. The highest BCUT2D eigenvalue weighted by molar-refractivity contribution is 5.99. The maximum atomic E-state index is 13.3. The van der Waals surface area contributed by atoms with Crippen molar-refractivity contribution < 1.29 is 14.3 Å². The van der Waals surface area contributed by atoms with Crippen LogP contribution in [0.4, 0.5) is 5.82 Å². The molecule has 1 amide bonds. The summed E-state index contributed by atoms with van der Waals surface area (Å²) in [6, 6.07) is 7.75. The molecule has 0 aliphatic carbocycles. The number of nitrogens with zero attached hydrogens (tertiary/aromatic N) is 3. The zero-order valence-electron chi connectivity index (χ0n) is 15.9. The first-order valence-electron chi connectivity index (χ1n) is 9.44. The van der Waals surface area contributed by atoms with E-state index in [0.29, 0.717) is 24.4 Å². The Morgan fingerprint density at radius 1 is 1.04 bits per heavy atom. The van der Waals surface area contributed by atoms with Crippen LogP contribution in [0.15, 0.2) is 30.5 Å². The number of ether oxygens (including phenoxy) is 2. The van der Waals surface area contributed by atoms with E-state index in [1.54, 1.807) is 20.4 Å². The highest BCUT2D eigenvalue weighted by Gasteiger charge is 2.27. The molecule has 0 saturated carbocycles. The molecule has 27 heavy (non-hydrogen) atoms. The lowest BCUT2D eigenvalue weighted by Crippen LogP contribution is -2.37. The van der Waals surface area contributed by atoms with E-state index in [0.717, 1.165) is 49.5 Å². The molecule has 1 fully saturated rings. The van der Waals surface area contributed by atoms with E-state index in [4.69, 9.17) is 9.47 Å². The van der Waals surface area contributed by atoms with Crippen LogP contribution in [-0.2, 0) is 13.0 Å². The van der Waals surface area contributed by atoms with Crippen LogP contribution < -0.4 is 14.4 Å². The fourth-order valence-electron chi connectivity index (χ4n) is 3.97. The Kier molecular flexibility index (Phi) is 4.88. The predicted octanol–water partition coefficient (Wildman–Crippen LogP) is 2.90. The van der Waals surface area contributed by atoms with Gasteiger partial charge in [0.1, 0.15) is 5.82 Å². The minimum absolute atomic E-state index is 0.0467. The molecule has 0 unspecified atom stereocenters. The lowest BCUT2D eigenvalue weighted by Gasteiger charge is -2.31. The maximum Gasteiger partial charge on any atom is 0.257 e. The average Bonchev–Trinajstić information content (AvgIpc) is 3.26. The number of hydrogen-bond donors (Lipinski definition) is 0. The summed E-state index contributed by atoms with van der Waals surface area (Å²) in [7, 11) is 3.28. The van der Waals surface area contributed by atoms with Gasteiger partial charge in [-0.1, -0.05) is 0 Å². The Labute approximate surface area is 159 Å². The first kappa shape index (κ1) is 17.6. The second-order valence-corrected chi connectivity index (χ2v) is 7.02. The SMILES string of the molecule is COc1cc2c(cc1OC)CN(C(=O)c1cccnc1N1CCCC1)CC2. The van der Waals surface area contributed by atoms with E-state index in [1.807, 2.05) is 29.2 Å². The molecule has 3 heterocycles. The predicted molar refractivity (Wildman–Crippen MR) is 104 cm³/mol. The number of methoxy groups -OCH3 is 2. The molecule has 2 aliphatic rings. The molecule has 1 saturated heterocycles. The summed E-state index contributed by atoms with van der Waals surface area (Å²) >= 11 is 0. The van der Waals surface area contributed by atoms with E-state index in [2.05, 4.69) is 9.88 Å². The van der Waals surface area contributed by atoms with Gasteiger partial charge in [-0.05, 0) is 54.7 Å². The fourth-order valence-corrected chi connectivity index (χ4v) is 3.97. The Hall–Kier alpha value is -2.76. The van der Waals surface area contributed by atoms with Gasteiger partial charge in [-0.25, -0.2) is 4.98 Å². The van der Waals surface area contributed by atoms with Gasteiger partial charge in [0.2, 0.25) is 0 Å². The Morgan fingerprint density at radius 2 is 1.74 bits per heavy atom. The minimum atomic E-state index is 0.0467. The third-order valence-electron chi connectivity index (χ3n) is 5.43. The third-order valence-corrected chi connectivity index (χ3v) is 5.43. The second kappa shape index (κ2) is 7.47. The molecule has 1 aromatic carbocycles. The minimum Gasteiger partial charge on any atom is -0.493 e. The van der Waals surface area contributed by atoms with Gasteiger partial charge < -0.3 is 19.3 Å². The summed E-state index contributed by atoms with van der Waals surface area (Å²) in [6.45, 7) is 3.20. The van der Waals surface area contributed by atoms with Gasteiger partial charge in [0.15, 0.2) is 11.5 Å². The van der Waals surface area contributed by atoms with E-state index < -0.39 is 0 Å². The highest BCUT2D eigenvalue weighted by Crippen LogP contribution is 2.34. The Morgan fingerprint density at radius 3 is 2.44 bits per heavy atom. The Bertz CT molecular complexity index is 847. The van der Waals surface area contributed by atoms with Crippen LogP contribution in [0.1, 0.15) is 34.3 Å². The quantitative estimate of drug-likeness (QED) is 0.832. The molecule has 0 atom stereocenters. The van der Waals surface area contributed by atoms with E-state index in [-0.39, 0.29) is 5.91 Å². The van der Waals surface area contributed by atoms with Gasteiger partial charge in [0.25, 0.3) is 5.91 Å². The summed E-state index contributed by atoms with van der Waals surface area (Å²) in [4.78, 5) is 21.9. The van der Waals surface area contributed by atoms with Crippen molar-refractivity contribution in [2.75, 3.05) is 38.8 Å². The van der Waals surface area contributed by atoms with Crippen molar-refractivity contribution in [1.29, 1.82) is 0 Å². The third kappa shape index (κ3) is 3.31. The summed E-state index contributed by atoms with van der Waals surface area (Å²) in [5.74, 6) is 2.30. The van der Waals surface area contributed by atoms with Gasteiger partial charge in [0.05, 0.1) is 19.8 Å². The molecule has 4 rings (SSSR count). The van der Waals surface area contributed by atoms with Crippen molar-refractivity contribution in [1.82, 2.24) is 9.88 Å². The summed E-state index contributed by atoms with van der Waals surface area (Å²) in [5, 5.41) is 0. The number of carbonyl (C=O) groups is 1. The number of carbonyl (C=O) groups excluding carboxylic acids is 1. The highest BCUT2D eigenvalue weighted by atomic mass is 16.5. The monoisotopic (exact) mass is 367 g/mol. The Balaban J connectivity index is 1.60. The molecule has 142 valence electrons. The molecule has 0 bridgehead atoms. The second-order valence-electron chi connectivity index (χ2n) is 7.02. The molecule has 0 spiro atoms. The molecule has 2 aliphatic heterocycles. The number of anilines is 1. The van der Waals surface area contributed by atoms with Crippen molar-refractivity contribution in [3.05, 3.63) is 47.2 Å². The zero-order valence-corrected chi connectivity index (χ0v) is 15.9. The topological polar surface area (TPSA) is 54.9 Å². The van der Waals surface area contributed by atoms with Crippen LogP contribution in [0.5, 0.6) is 11.5 Å². The van der Waals surface area contributed by atoms with Crippen molar-refractivity contribution in [2.45, 2.75) is 25.8 Å². The fraction of sp³-hybridized carbons (Fsp3) is 0.429. The van der Waals surface area contributed by atoms with Crippen molar-refractivity contribution in [3.8, 4) is 11.5 Å². The number of aromatic nitrogens is 1. The number of pyridine rings is 1. The van der Waals surface area contributed by atoms with Gasteiger partial charge >= 0.3 is 0 Å². The molecular weight excluding hydrogens is 342 g/mol. The number of benzene rings is 1. The molecule has 0 N–H and O–H groups in total. The van der Waals surface area contributed by atoms with Crippen molar-refractivity contribution in [3.63, 3.8) is 0 Å². The van der Waals surface area contributed by atoms with E-state index in [1.165, 1.54) is 5.56 Å². The van der Waals surface area contributed by atoms with Gasteiger partial charge in [-0.3, -0.25) is 4.79 Å². The normalized spacial score (nSPS) is 16.2. The molecule has 2 aromatic rings. The summed E-state index contributed by atoms with van der Waals surface area (Å²) in [6.07, 6.45) is 4.89. The lowest BCUT2D eigenvalue weighted by atomic mass is 9.98. The lowest BCUT2D eigenvalue weighted by molar-refractivity contribution is 0.0734. The van der Waals surface area contributed by atoms with Crippen molar-refractivity contribution >= 4 is 11.7 Å². The average molecular weight is 367 g/mol. The van der Waals surface area contributed by atoms with Gasteiger partial charge in [0, 0.05) is 32.4 Å². The molecule has 1 aromatic heterocycles. The number of fused-ring (bicyclic) bond motifs is 1. The summed E-state index contributed by atoms with van der Waals surface area (Å²) in [5.41, 5.74) is 3.02. The number of hydrogen-bond acceptors (Lipinski definition) is 5. The smallest absolute Gasteiger partial charge is 0.257 e. The van der Waals surface area contributed by atoms with Crippen LogP contribution in [-0.4, -0.2) is 49.6 Å². The molecular formula is C21H25N3O3. The van der Waals surface area contributed by atoms with Gasteiger partial charge in [-0.15, -0.1) is 0 Å². The first-order valence-corrected chi connectivity index (χ1v) is 9.44.